The predicted octanol–water partition coefficient (Wildman–Crippen LogP) is 1.82. The summed E-state index contributed by atoms with van der Waals surface area (Å²) < 4.78 is 12.4. The lowest BCUT2D eigenvalue weighted by molar-refractivity contribution is -0.104. The first-order valence-electron chi connectivity index (χ1n) is 11.2. The van der Waals surface area contributed by atoms with E-state index in [-0.39, 0.29) is 18.8 Å². The Labute approximate surface area is 192 Å². The highest BCUT2D eigenvalue weighted by molar-refractivity contribution is 5.80. The minimum Gasteiger partial charge on any atom is -0.441 e. The van der Waals surface area contributed by atoms with E-state index >= 15 is 0 Å². The Bertz CT molecular complexity index is 1130. The monoisotopic (exact) mass is 451 g/mol. The van der Waals surface area contributed by atoms with Crippen LogP contribution in [0.2, 0.25) is 0 Å². The summed E-state index contributed by atoms with van der Waals surface area (Å²) in [5.41, 5.74) is 10.5. The van der Waals surface area contributed by atoms with E-state index in [2.05, 4.69) is 16.1 Å². The molecule has 5 rings (SSSR count). The number of anilines is 1. The van der Waals surface area contributed by atoms with Crippen LogP contribution in [0.1, 0.15) is 12.5 Å². The SMILES string of the molecule is CC(N)(CO)c1ccc(-c2cc3c(N4CCN(C(=O)OC5COC5)CC4)ccnn3c2)cc1. The van der Waals surface area contributed by atoms with Crippen LogP contribution in [0.25, 0.3) is 16.6 Å². The number of benzene rings is 1. The average molecular weight is 452 g/mol. The van der Waals surface area contributed by atoms with Crippen LogP contribution in [0.15, 0.2) is 48.8 Å². The average Bonchev–Trinajstić information content (AvgIpc) is 3.26. The Morgan fingerprint density at radius 3 is 2.55 bits per heavy atom. The van der Waals surface area contributed by atoms with Gasteiger partial charge in [-0.1, -0.05) is 24.3 Å². The van der Waals surface area contributed by atoms with Gasteiger partial charge in [-0.05, 0) is 30.2 Å². The number of aliphatic hydroxyl groups excluding tert-OH is 1. The highest BCUT2D eigenvalue weighted by atomic mass is 16.6. The molecule has 1 amide bonds. The van der Waals surface area contributed by atoms with Crippen LogP contribution < -0.4 is 10.6 Å². The van der Waals surface area contributed by atoms with Gasteiger partial charge in [0.1, 0.15) is 0 Å². The van der Waals surface area contributed by atoms with Crippen molar-refractivity contribution in [3.8, 4) is 11.1 Å². The third kappa shape index (κ3) is 4.27. The van der Waals surface area contributed by atoms with E-state index in [1.807, 2.05) is 48.0 Å². The number of aliphatic hydroxyl groups is 1. The van der Waals surface area contributed by atoms with Crippen molar-refractivity contribution in [3.05, 3.63) is 54.4 Å². The van der Waals surface area contributed by atoms with Gasteiger partial charge >= 0.3 is 6.09 Å². The largest absolute Gasteiger partial charge is 0.441 e. The van der Waals surface area contributed by atoms with E-state index in [4.69, 9.17) is 15.2 Å². The quantitative estimate of drug-likeness (QED) is 0.610. The van der Waals surface area contributed by atoms with Crippen molar-refractivity contribution in [1.29, 1.82) is 0 Å². The van der Waals surface area contributed by atoms with E-state index < -0.39 is 5.54 Å². The summed E-state index contributed by atoms with van der Waals surface area (Å²) in [6.45, 7) is 5.35. The molecule has 0 radical (unpaired) electrons. The minimum absolute atomic E-state index is 0.106. The molecule has 2 aliphatic heterocycles. The molecule has 33 heavy (non-hydrogen) atoms. The Balaban J connectivity index is 1.32. The fraction of sp³-hybridized carbons (Fsp3) is 0.417. The number of carbonyl (C=O) groups excluding carboxylic acids is 1. The Kier molecular flexibility index (Phi) is 5.69. The van der Waals surface area contributed by atoms with Crippen molar-refractivity contribution in [2.24, 2.45) is 5.73 Å². The smallest absolute Gasteiger partial charge is 0.410 e. The number of nitrogens with zero attached hydrogens (tertiary/aromatic N) is 4. The Morgan fingerprint density at radius 1 is 1.18 bits per heavy atom. The van der Waals surface area contributed by atoms with Gasteiger partial charge in [0.25, 0.3) is 0 Å². The van der Waals surface area contributed by atoms with Crippen molar-refractivity contribution in [1.82, 2.24) is 14.5 Å². The highest BCUT2D eigenvalue weighted by Gasteiger charge is 2.28. The predicted molar refractivity (Wildman–Crippen MR) is 124 cm³/mol. The highest BCUT2D eigenvalue weighted by Crippen LogP contribution is 2.30. The molecule has 0 spiro atoms. The van der Waals surface area contributed by atoms with Crippen molar-refractivity contribution in [3.63, 3.8) is 0 Å². The standard InChI is InChI=1S/C24H29N5O4/c1-24(25,16-30)19-4-2-17(3-5-19)18-12-22-21(6-7-26-29(22)13-18)27-8-10-28(11-9-27)23(31)33-20-14-32-15-20/h2-7,12-13,20,30H,8-11,14-16,25H2,1H3. The zero-order chi connectivity index (χ0) is 23.0. The Hall–Kier alpha value is -3.14. The van der Waals surface area contributed by atoms with Crippen molar-refractivity contribution in [2.75, 3.05) is 50.9 Å². The summed E-state index contributed by atoms with van der Waals surface area (Å²) in [5, 5.41) is 14.0. The molecular formula is C24H29N5O4. The lowest BCUT2D eigenvalue weighted by atomic mass is 9.93. The Morgan fingerprint density at radius 2 is 1.91 bits per heavy atom. The fourth-order valence-electron chi connectivity index (χ4n) is 4.19. The molecule has 2 saturated heterocycles. The van der Waals surface area contributed by atoms with E-state index in [1.165, 1.54) is 0 Å². The molecule has 0 aliphatic carbocycles. The lowest BCUT2D eigenvalue weighted by Crippen LogP contribution is -2.51. The van der Waals surface area contributed by atoms with Crippen molar-refractivity contribution in [2.45, 2.75) is 18.6 Å². The first kappa shape index (κ1) is 21.7. The van der Waals surface area contributed by atoms with Gasteiger partial charge in [0.05, 0.1) is 36.6 Å². The molecular weight excluding hydrogens is 422 g/mol. The second-order valence-corrected chi connectivity index (χ2v) is 8.95. The number of fused-ring (bicyclic) bond motifs is 1. The number of carbonyl (C=O) groups is 1. The molecule has 0 saturated carbocycles. The second kappa shape index (κ2) is 8.66. The molecule has 2 aliphatic rings. The summed E-state index contributed by atoms with van der Waals surface area (Å²) in [4.78, 5) is 16.4. The molecule has 174 valence electrons. The van der Waals surface area contributed by atoms with E-state index in [0.717, 1.165) is 41.0 Å². The fourth-order valence-corrected chi connectivity index (χ4v) is 4.19. The number of amides is 1. The molecule has 1 atom stereocenters. The minimum atomic E-state index is -0.765. The maximum Gasteiger partial charge on any atom is 0.410 e. The normalized spacial score (nSPS) is 18.8. The first-order valence-corrected chi connectivity index (χ1v) is 11.2. The number of piperazine rings is 1. The second-order valence-electron chi connectivity index (χ2n) is 8.95. The number of nitrogens with two attached hydrogens (primary N) is 1. The third-order valence-corrected chi connectivity index (χ3v) is 6.45. The summed E-state index contributed by atoms with van der Waals surface area (Å²) in [6, 6.07) is 12.1. The molecule has 2 aromatic heterocycles. The number of hydrogen-bond donors (Lipinski definition) is 2. The molecule has 3 N–H and O–H groups in total. The molecule has 0 bridgehead atoms. The van der Waals surface area contributed by atoms with Crippen LogP contribution in [0.5, 0.6) is 0 Å². The number of aromatic nitrogens is 2. The van der Waals surface area contributed by atoms with Gasteiger partial charge in [-0.15, -0.1) is 0 Å². The number of hydrogen-bond acceptors (Lipinski definition) is 7. The van der Waals surface area contributed by atoms with E-state index in [1.54, 1.807) is 11.1 Å². The van der Waals surface area contributed by atoms with Crippen LogP contribution in [-0.2, 0) is 15.0 Å². The van der Waals surface area contributed by atoms with E-state index in [9.17, 15) is 9.90 Å². The third-order valence-electron chi connectivity index (χ3n) is 6.45. The van der Waals surface area contributed by atoms with Crippen LogP contribution in [0.3, 0.4) is 0 Å². The van der Waals surface area contributed by atoms with Gasteiger partial charge in [-0.25, -0.2) is 9.31 Å². The summed E-state index contributed by atoms with van der Waals surface area (Å²) in [6.07, 6.45) is 3.44. The maximum atomic E-state index is 12.3. The summed E-state index contributed by atoms with van der Waals surface area (Å²) in [7, 11) is 0. The first-order chi connectivity index (χ1) is 15.9. The maximum absolute atomic E-state index is 12.3. The van der Waals surface area contributed by atoms with Crippen molar-refractivity contribution >= 4 is 17.3 Å². The van der Waals surface area contributed by atoms with E-state index in [0.29, 0.717) is 26.3 Å². The zero-order valence-electron chi connectivity index (χ0n) is 18.7. The van der Waals surface area contributed by atoms with Crippen LogP contribution in [0, 0.1) is 0 Å². The molecule has 1 unspecified atom stereocenters. The van der Waals surface area contributed by atoms with Gasteiger partial charge in [0.15, 0.2) is 6.10 Å². The van der Waals surface area contributed by atoms with Gasteiger partial charge in [0, 0.05) is 44.1 Å². The summed E-state index contributed by atoms with van der Waals surface area (Å²) >= 11 is 0. The van der Waals surface area contributed by atoms with Gasteiger partial charge in [-0.3, -0.25) is 0 Å². The zero-order valence-corrected chi connectivity index (χ0v) is 18.7. The lowest BCUT2D eigenvalue weighted by Gasteiger charge is -2.37. The van der Waals surface area contributed by atoms with Crippen LogP contribution >= 0.6 is 0 Å². The molecule has 1 aromatic carbocycles. The van der Waals surface area contributed by atoms with Gasteiger partial charge in [-0.2, -0.15) is 5.10 Å². The number of ether oxygens (including phenoxy) is 2. The molecule has 9 heteroatoms. The van der Waals surface area contributed by atoms with Crippen LogP contribution in [0.4, 0.5) is 10.5 Å². The molecule has 3 aromatic rings. The molecule has 9 nitrogen and oxygen atoms in total. The van der Waals surface area contributed by atoms with Gasteiger partial charge < -0.3 is 30.1 Å². The number of rotatable bonds is 5. The molecule has 4 heterocycles. The van der Waals surface area contributed by atoms with Crippen LogP contribution in [-0.4, -0.2) is 77.8 Å². The topological polar surface area (TPSA) is 106 Å². The molecule has 2 fully saturated rings. The van der Waals surface area contributed by atoms with Gasteiger partial charge in [0.2, 0.25) is 0 Å². The summed E-state index contributed by atoms with van der Waals surface area (Å²) in [5.74, 6) is 0. The van der Waals surface area contributed by atoms with Crippen molar-refractivity contribution < 1.29 is 19.4 Å².